The summed E-state index contributed by atoms with van der Waals surface area (Å²) in [5, 5.41) is 18.8. The maximum atomic E-state index is 9.47. The quantitative estimate of drug-likeness (QED) is 0.847. The van der Waals surface area contributed by atoms with E-state index in [0.29, 0.717) is 0 Å². The molecule has 0 radical (unpaired) electrons. The van der Waals surface area contributed by atoms with Gasteiger partial charge in [0.15, 0.2) is 0 Å². The van der Waals surface area contributed by atoms with Crippen molar-refractivity contribution in [3.05, 3.63) is 59.2 Å². The zero-order valence-corrected chi connectivity index (χ0v) is 9.85. The van der Waals surface area contributed by atoms with E-state index in [-0.39, 0.29) is 13.2 Å². The van der Waals surface area contributed by atoms with Gasteiger partial charge in [-0.3, -0.25) is 0 Å². The van der Waals surface area contributed by atoms with E-state index in [1.165, 1.54) is 0 Å². The first-order chi connectivity index (χ1) is 8.27. The minimum atomic E-state index is -0.0552. The van der Waals surface area contributed by atoms with Crippen LogP contribution >= 0.6 is 0 Å². The van der Waals surface area contributed by atoms with Gasteiger partial charge >= 0.3 is 0 Å². The molecule has 2 N–H and O–H groups in total. The summed E-state index contributed by atoms with van der Waals surface area (Å²) in [7, 11) is 0. The van der Waals surface area contributed by atoms with Crippen molar-refractivity contribution in [3.8, 4) is 11.1 Å². The minimum Gasteiger partial charge on any atom is -0.392 e. The Kier molecular flexibility index (Phi) is 3.57. The summed E-state index contributed by atoms with van der Waals surface area (Å²) in [5.74, 6) is 0. The highest BCUT2D eigenvalue weighted by atomic mass is 16.3. The molecule has 17 heavy (non-hydrogen) atoms. The predicted molar refractivity (Wildman–Crippen MR) is 68.5 cm³/mol. The Morgan fingerprint density at radius 2 is 1.53 bits per heavy atom. The highest BCUT2D eigenvalue weighted by molar-refractivity contribution is 5.71. The fraction of sp³-hybridized carbons (Fsp3) is 0.200. The Bertz CT molecular complexity index is 518. The average molecular weight is 228 g/mol. The third-order valence-corrected chi connectivity index (χ3v) is 3.04. The molecule has 0 unspecified atom stereocenters. The third kappa shape index (κ3) is 2.23. The van der Waals surface area contributed by atoms with Crippen molar-refractivity contribution in [2.24, 2.45) is 0 Å². The van der Waals surface area contributed by atoms with Crippen molar-refractivity contribution in [3.63, 3.8) is 0 Å². The lowest BCUT2D eigenvalue weighted by Crippen LogP contribution is -1.98. The Morgan fingerprint density at radius 1 is 0.824 bits per heavy atom. The number of aryl methyl sites for hydroxylation is 1. The van der Waals surface area contributed by atoms with Crippen LogP contribution in [-0.4, -0.2) is 10.2 Å². The summed E-state index contributed by atoms with van der Waals surface area (Å²) in [5.41, 5.74) is 4.86. The van der Waals surface area contributed by atoms with Crippen LogP contribution in [0.25, 0.3) is 11.1 Å². The van der Waals surface area contributed by atoms with Crippen LogP contribution in [0.3, 0.4) is 0 Å². The predicted octanol–water partition coefficient (Wildman–Crippen LogP) is 2.65. The molecule has 0 aliphatic rings. The Balaban J connectivity index is 2.63. The second kappa shape index (κ2) is 5.13. The molecule has 0 aromatic heterocycles. The van der Waals surface area contributed by atoms with Crippen molar-refractivity contribution in [2.45, 2.75) is 20.1 Å². The summed E-state index contributed by atoms with van der Waals surface area (Å²) in [6.07, 6.45) is 0. The number of rotatable bonds is 3. The molecule has 88 valence electrons. The molecule has 0 fully saturated rings. The monoisotopic (exact) mass is 228 g/mol. The molecule has 0 heterocycles. The second-order valence-corrected chi connectivity index (χ2v) is 4.07. The van der Waals surface area contributed by atoms with E-state index in [0.717, 1.165) is 27.8 Å². The number of hydrogen-bond acceptors (Lipinski definition) is 2. The zero-order valence-electron chi connectivity index (χ0n) is 9.85. The van der Waals surface area contributed by atoms with Gasteiger partial charge in [-0.2, -0.15) is 0 Å². The van der Waals surface area contributed by atoms with Gasteiger partial charge in [0.05, 0.1) is 13.2 Å². The molecule has 0 bridgehead atoms. The smallest absolute Gasteiger partial charge is 0.0691 e. The Morgan fingerprint density at radius 3 is 2.18 bits per heavy atom. The molecule has 2 nitrogen and oxygen atoms in total. The Hall–Kier alpha value is -1.64. The van der Waals surface area contributed by atoms with Gasteiger partial charge in [0.1, 0.15) is 0 Å². The van der Waals surface area contributed by atoms with Crippen LogP contribution in [0.15, 0.2) is 42.5 Å². The summed E-state index contributed by atoms with van der Waals surface area (Å²) in [6, 6.07) is 13.8. The molecule has 0 aliphatic carbocycles. The first-order valence-corrected chi connectivity index (χ1v) is 5.66. The third-order valence-electron chi connectivity index (χ3n) is 3.04. The van der Waals surface area contributed by atoms with Gasteiger partial charge < -0.3 is 10.2 Å². The maximum absolute atomic E-state index is 9.47. The molecule has 0 amide bonds. The normalized spacial score (nSPS) is 10.5. The first-order valence-electron chi connectivity index (χ1n) is 5.66. The maximum Gasteiger partial charge on any atom is 0.0691 e. The lowest BCUT2D eigenvalue weighted by atomic mass is 9.93. The fourth-order valence-electron chi connectivity index (χ4n) is 2.10. The molecule has 2 heteroatoms. The van der Waals surface area contributed by atoms with E-state index in [2.05, 4.69) is 0 Å². The molecule has 0 aliphatic heterocycles. The van der Waals surface area contributed by atoms with Gasteiger partial charge in [0.2, 0.25) is 0 Å². The van der Waals surface area contributed by atoms with Gasteiger partial charge in [-0.05, 0) is 34.7 Å². The molecule has 0 saturated carbocycles. The van der Waals surface area contributed by atoms with Gasteiger partial charge in [0.25, 0.3) is 0 Å². The lowest BCUT2D eigenvalue weighted by molar-refractivity contribution is 0.260. The van der Waals surface area contributed by atoms with Crippen molar-refractivity contribution >= 4 is 0 Å². The van der Waals surface area contributed by atoms with Crippen LogP contribution in [0.5, 0.6) is 0 Å². The minimum absolute atomic E-state index is 0.0460. The molecular formula is C15H16O2. The van der Waals surface area contributed by atoms with E-state index in [9.17, 15) is 10.2 Å². The first kappa shape index (κ1) is 11.8. The van der Waals surface area contributed by atoms with Crippen LogP contribution in [0, 0.1) is 6.92 Å². The van der Waals surface area contributed by atoms with Crippen LogP contribution in [0.1, 0.15) is 16.7 Å². The molecular weight excluding hydrogens is 212 g/mol. The highest BCUT2D eigenvalue weighted by Crippen LogP contribution is 2.28. The van der Waals surface area contributed by atoms with Crippen LogP contribution < -0.4 is 0 Å². The fourth-order valence-corrected chi connectivity index (χ4v) is 2.10. The molecule has 0 atom stereocenters. The molecule has 0 saturated heterocycles. The van der Waals surface area contributed by atoms with Gasteiger partial charge in [-0.25, -0.2) is 0 Å². The number of aliphatic hydroxyl groups excluding tert-OH is 2. The molecule has 2 aromatic carbocycles. The van der Waals surface area contributed by atoms with Crippen LogP contribution in [0.2, 0.25) is 0 Å². The molecule has 0 spiro atoms. The van der Waals surface area contributed by atoms with E-state index < -0.39 is 0 Å². The summed E-state index contributed by atoms with van der Waals surface area (Å²) in [4.78, 5) is 0. The van der Waals surface area contributed by atoms with E-state index in [4.69, 9.17) is 0 Å². The lowest BCUT2D eigenvalue weighted by Gasteiger charge is -2.13. The van der Waals surface area contributed by atoms with Gasteiger partial charge in [0, 0.05) is 0 Å². The van der Waals surface area contributed by atoms with Crippen molar-refractivity contribution in [2.75, 3.05) is 0 Å². The molecule has 2 rings (SSSR count). The van der Waals surface area contributed by atoms with Crippen LogP contribution in [0.4, 0.5) is 0 Å². The van der Waals surface area contributed by atoms with Crippen molar-refractivity contribution < 1.29 is 10.2 Å². The summed E-state index contributed by atoms with van der Waals surface area (Å²) in [6.45, 7) is 1.94. The van der Waals surface area contributed by atoms with Gasteiger partial charge in [-0.15, -0.1) is 0 Å². The SMILES string of the molecule is Cc1ccccc1-c1cccc(CO)c1CO. The zero-order chi connectivity index (χ0) is 12.3. The number of aliphatic hydroxyl groups is 2. The highest BCUT2D eigenvalue weighted by Gasteiger charge is 2.09. The van der Waals surface area contributed by atoms with E-state index >= 15 is 0 Å². The molecule has 2 aromatic rings. The summed E-state index contributed by atoms with van der Waals surface area (Å²) >= 11 is 0. The van der Waals surface area contributed by atoms with Crippen molar-refractivity contribution in [1.82, 2.24) is 0 Å². The van der Waals surface area contributed by atoms with Crippen molar-refractivity contribution in [1.29, 1.82) is 0 Å². The van der Waals surface area contributed by atoms with Gasteiger partial charge in [-0.1, -0.05) is 42.5 Å². The number of hydrogen-bond donors (Lipinski definition) is 2. The largest absolute Gasteiger partial charge is 0.392 e. The number of benzene rings is 2. The summed E-state index contributed by atoms with van der Waals surface area (Å²) < 4.78 is 0. The standard InChI is InChI=1S/C15H16O2/c1-11-5-2-3-7-13(11)14-8-4-6-12(9-16)15(14)10-17/h2-8,16-17H,9-10H2,1H3. The van der Waals surface area contributed by atoms with E-state index in [1.54, 1.807) is 0 Å². The Labute approximate surface area is 101 Å². The topological polar surface area (TPSA) is 40.5 Å². The average Bonchev–Trinajstić information content (AvgIpc) is 2.38. The second-order valence-electron chi connectivity index (χ2n) is 4.07. The van der Waals surface area contributed by atoms with E-state index in [1.807, 2.05) is 49.4 Å². The van der Waals surface area contributed by atoms with Crippen LogP contribution in [-0.2, 0) is 13.2 Å².